The first-order chi connectivity index (χ1) is 7.07. The van der Waals surface area contributed by atoms with E-state index in [-0.39, 0.29) is 0 Å². The predicted molar refractivity (Wildman–Crippen MR) is 48.6 cm³/mol. The molecule has 2 nitrogen and oxygen atoms in total. The topological polar surface area (TPSA) is 17.8 Å². The van der Waals surface area contributed by atoms with Crippen molar-refractivity contribution in [2.75, 3.05) is 0 Å². The summed E-state index contributed by atoms with van der Waals surface area (Å²) in [5, 5.41) is 0. The van der Waals surface area contributed by atoms with Gasteiger partial charge >= 0.3 is 6.18 Å². The van der Waals surface area contributed by atoms with Crippen molar-refractivity contribution in [3.8, 4) is 5.69 Å². The number of rotatable bonds is 1. The lowest BCUT2D eigenvalue weighted by Crippen LogP contribution is -2.07. The van der Waals surface area contributed by atoms with Crippen LogP contribution < -0.4 is 0 Å². The van der Waals surface area contributed by atoms with Gasteiger partial charge in [0.25, 0.3) is 0 Å². The molecule has 0 amide bonds. The Morgan fingerprint density at radius 1 is 1.07 bits per heavy atom. The van der Waals surface area contributed by atoms with Crippen LogP contribution in [0.5, 0.6) is 0 Å². The maximum atomic E-state index is 12.2. The third-order valence-corrected chi connectivity index (χ3v) is 1.94. The van der Waals surface area contributed by atoms with Crippen LogP contribution >= 0.6 is 0 Å². The first-order valence-corrected chi connectivity index (χ1v) is 4.24. The quantitative estimate of drug-likeness (QED) is 0.710. The van der Waals surface area contributed by atoms with Crippen molar-refractivity contribution in [2.24, 2.45) is 0 Å². The fourth-order valence-corrected chi connectivity index (χ4v) is 1.21. The molecular formula is C10H7F3N2. The smallest absolute Gasteiger partial charge is 0.322 e. The highest BCUT2D eigenvalue weighted by atomic mass is 19.4. The molecule has 2 rings (SSSR count). The lowest BCUT2D eigenvalue weighted by molar-refractivity contribution is -0.141. The van der Waals surface area contributed by atoms with E-state index >= 15 is 0 Å². The summed E-state index contributed by atoms with van der Waals surface area (Å²) in [7, 11) is 0. The standard InChI is InChI=1S/C10H7F3N2/c11-10(12,13)9-4-3-8(7-14-9)15-5-1-2-6-15/h1-7H. The summed E-state index contributed by atoms with van der Waals surface area (Å²) in [6.45, 7) is 0. The van der Waals surface area contributed by atoms with Crippen molar-refractivity contribution >= 4 is 0 Å². The number of hydrogen-bond acceptors (Lipinski definition) is 1. The van der Waals surface area contributed by atoms with Gasteiger partial charge < -0.3 is 4.57 Å². The molecule has 2 aromatic heterocycles. The molecule has 2 heterocycles. The Bertz CT molecular complexity index is 429. The SMILES string of the molecule is FC(F)(F)c1ccc(-n2cccc2)cn1. The average molecular weight is 212 g/mol. The Morgan fingerprint density at radius 2 is 1.73 bits per heavy atom. The molecule has 0 aromatic carbocycles. The molecule has 0 atom stereocenters. The van der Waals surface area contributed by atoms with Gasteiger partial charge in [-0.2, -0.15) is 13.2 Å². The van der Waals surface area contributed by atoms with E-state index in [1.807, 2.05) is 0 Å². The Balaban J connectivity index is 2.33. The van der Waals surface area contributed by atoms with Gasteiger partial charge in [-0.25, -0.2) is 4.98 Å². The summed E-state index contributed by atoms with van der Waals surface area (Å²) < 4.78 is 38.3. The van der Waals surface area contributed by atoms with Gasteiger partial charge in [-0.3, -0.25) is 0 Å². The van der Waals surface area contributed by atoms with E-state index in [9.17, 15) is 13.2 Å². The summed E-state index contributed by atoms with van der Waals surface area (Å²) in [6, 6.07) is 5.93. The molecule has 2 aromatic rings. The van der Waals surface area contributed by atoms with Crippen molar-refractivity contribution < 1.29 is 13.2 Å². The van der Waals surface area contributed by atoms with Gasteiger partial charge in [-0.15, -0.1) is 0 Å². The molecule has 15 heavy (non-hydrogen) atoms. The van der Waals surface area contributed by atoms with Crippen LogP contribution in [0.2, 0.25) is 0 Å². The third-order valence-electron chi connectivity index (χ3n) is 1.94. The molecule has 0 unspecified atom stereocenters. The number of aromatic nitrogens is 2. The Kier molecular flexibility index (Phi) is 2.22. The van der Waals surface area contributed by atoms with E-state index in [4.69, 9.17) is 0 Å². The van der Waals surface area contributed by atoms with E-state index in [1.54, 1.807) is 29.1 Å². The van der Waals surface area contributed by atoms with Crippen molar-refractivity contribution in [3.05, 3.63) is 48.5 Å². The number of nitrogens with zero attached hydrogens (tertiary/aromatic N) is 2. The van der Waals surface area contributed by atoms with Crippen LogP contribution in [0.25, 0.3) is 5.69 Å². The molecule has 0 aliphatic rings. The lowest BCUT2D eigenvalue weighted by atomic mass is 10.3. The van der Waals surface area contributed by atoms with Gasteiger partial charge in [0.1, 0.15) is 5.69 Å². The van der Waals surface area contributed by atoms with Crippen molar-refractivity contribution in [1.29, 1.82) is 0 Å². The van der Waals surface area contributed by atoms with E-state index < -0.39 is 11.9 Å². The minimum atomic E-state index is -4.38. The summed E-state index contributed by atoms with van der Waals surface area (Å²) >= 11 is 0. The van der Waals surface area contributed by atoms with Crippen LogP contribution in [-0.2, 0) is 6.18 Å². The monoisotopic (exact) mass is 212 g/mol. The number of alkyl halides is 3. The second-order valence-corrected chi connectivity index (χ2v) is 2.99. The zero-order valence-electron chi connectivity index (χ0n) is 7.57. The molecule has 0 bridgehead atoms. The van der Waals surface area contributed by atoms with Crippen molar-refractivity contribution in [3.63, 3.8) is 0 Å². The molecule has 5 heteroatoms. The molecule has 0 spiro atoms. The fraction of sp³-hybridized carbons (Fsp3) is 0.100. The molecule has 0 radical (unpaired) electrons. The number of hydrogen-bond donors (Lipinski definition) is 0. The van der Waals surface area contributed by atoms with E-state index in [0.717, 1.165) is 6.07 Å². The average Bonchev–Trinajstić information content (AvgIpc) is 2.69. The highest BCUT2D eigenvalue weighted by molar-refractivity contribution is 5.30. The van der Waals surface area contributed by atoms with Crippen LogP contribution in [0, 0.1) is 0 Å². The van der Waals surface area contributed by atoms with Crippen LogP contribution in [0.3, 0.4) is 0 Å². The largest absolute Gasteiger partial charge is 0.433 e. The Labute approximate surface area is 84.0 Å². The maximum Gasteiger partial charge on any atom is 0.433 e. The fourth-order valence-electron chi connectivity index (χ4n) is 1.21. The zero-order chi connectivity index (χ0) is 10.9. The van der Waals surface area contributed by atoms with Crippen LogP contribution in [0.1, 0.15) is 5.69 Å². The van der Waals surface area contributed by atoms with Gasteiger partial charge in [0.05, 0.1) is 11.9 Å². The van der Waals surface area contributed by atoms with Gasteiger partial charge in [0, 0.05) is 12.4 Å². The third kappa shape index (κ3) is 2.01. The molecule has 0 fully saturated rings. The highest BCUT2D eigenvalue weighted by Gasteiger charge is 2.31. The second kappa shape index (κ2) is 3.42. The number of pyridine rings is 1. The molecule has 0 saturated heterocycles. The molecule has 78 valence electrons. The van der Waals surface area contributed by atoms with Crippen LogP contribution in [0.15, 0.2) is 42.9 Å². The summed E-state index contributed by atoms with van der Waals surface area (Å²) in [5.74, 6) is 0. The minimum absolute atomic E-state index is 0.605. The zero-order valence-corrected chi connectivity index (χ0v) is 7.57. The van der Waals surface area contributed by atoms with E-state index in [1.165, 1.54) is 12.3 Å². The Morgan fingerprint density at radius 3 is 2.20 bits per heavy atom. The van der Waals surface area contributed by atoms with Gasteiger partial charge in [-0.05, 0) is 24.3 Å². The lowest BCUT2D eigenvalue weighted by Gasteiger charge is -2.06. The normalized spacial score (nSPS) is 11.7. The molecule has 0 N–H and O–H groups in total. The first-order valence-electron chi connectivity index (χ1n) is 4.24. The van der Waals surface area contributed by atoms with Crippen molar-refractivity contribution in [2.45, 2.75) is 6.18 Å². The van der Waals surface area contributed by atoms with Crippen LogP contribution in [-0.4, -0.2) is 9.55 Å². The van der Waals surface area contributed by atoms with Crippen LogP contribution in [0.4, 0.5) is 13.2 Å². The van der Waals surface area contributed by atoms with Gasteiger partial charge in [0.15, 0.2) is 0 Å². The van der Waals surface area contributed by atoms with Gasteiger partial charge in [0.2, 0.25) is 0 Å². The molecule has 0 aliphatic heterocycles. The first kappa shape index (κ1) is 9.76. The maximum absolute atomic E-state index is 12.2. The predicted octanol–water partition coefficient (Wildman–Crippen LogP) is 2.89. The summed E-state index contributed by atoms with van der Waals surface area (Å²) in [5.41, 5.74) is -0.272. The van der Waals surface area contributed by atoms with Gasteiger partial charge in [-0.1, -0.05) is 0 Å². The Hall–Kier alpha value is -1.78. The summed E-state index contributed by atoms with van der Waals surface area (Å²) in [4.78, 5) is 3.36. The molecular weight excluding hydrogens is 205 g/mol. The molecule has 0 aliphatic carbocycles. The number of halogens is 3. The summed E-state index contributed by atoms with van der Waals surface area (Å²) in [6.07, 6.45) is 0.298. The van der Waals surface area contributed by atoms with E-state index in [0.29, 0.717) is 5.69 Å². The molecule has 0 saturated carbocycles. The van der Waals surface area contributed by atoms with E-state index in [2.05, 4.69) is 4.98 Å². The minimum Gasteiger partial charge on any atom is -0.322 e. The highest BCUT2D eigenvalue weighted by Crippen LogP contribution is 2.27. The second-order valence-electron chi connectivity index (χ2n) is 2.99. The van der Waals surface area contributed by atoms with Crippen molar-refractivity contribution in [1.82, 2.24) is 9.55 Å².